The van der Waals surface area contributed by atoms with E-state index in [2.05, 4.69) is 17.1 Å². The largest absolute Gasteiger partial charge is 0.334 e. The summed E-state index contributed by atoms with van der Waals surface area (Å²) >= 11 is 0. The van der Waals surface area contributed by atoms with Gasteiger partial charge in [-0.25, -0.2) is 8.78 Å². The molecule has 0 fully saturated rings. The van der Waals surface area contributed by atoms with E-state index in [1.54, 1.807) is 11.1 Å². The molecular weight excluding hydrogens is 384 g/mol. The number of fused-ring (bicyclic) bond motifs is 2. The van der Waals surface area contributed by atoms with Crippen molar-refractivity contribution in [1.29, 1.82) is 0 Å². The maximum atomic E-state index is 13.6. The van der Waals surface area contributed by atoms with Crippen LogP contribution < -0.4 is 0 Å². The van der Waals surface area contributed by atoms with Crippen LogP contribution in [0.4, 0.5) is 8.78 Å². The Bertz CT molecular complexity index is 1220. The number of amides is 1. The van der Waals surface area contributed by atoms with E-state index in [0.29, 0.717) is 25.1 Å². The van der Waals surface area contributed by atoms with Crippen molar-refractivity contribution in [1.82, 2.24) is 9.88 Å². The zero-order valence-corrected chi connectivity index (χ0v) is 16.5. The number of aromatic nitrogens is 1. The SMILES string of the molecule is Cc1cc(C2=NCc3cc4c(cc32)CN(Cc2ccc(F)c(F)c2)C(=O)C4)ccn1. The van der Waals surface area contributed by atoms with E-state index < -0.39 is 11.6 Å². The van der Waals surface area contributed by atoms with Gasteiger partial charge in [-0.15, -0.1) is 0 Å². The Morgan fingerprint density at radius 2 is 1.87 bits per heavy atom. The maximum Gasteiger partial charge on any atom is 0.227 e. The fourth-order valence-electron chi connectivity index (χ4n) is 4.16. The van der Waals surface area contributed by atoms with E-state index in [9.17, 15) is 13.6 Å². The summed E-state index contributed by atoms with van der Waals surface area (Å²) in [5.74, 6) is -1.80. The fraction of sp³-hybridized carbons (Fsp3) is 0.208. The number of carbonyl (C=O) groups excluding carboxylic acids is 1. The van der Waals surface area contributed by atoms with E-state index in [-0.39, 0.29) is 12.5 Å². The molecule has 1 aromatic heterocycles. The first-order valence-electron chi connectivity index (χ1n) is 9.82. The van der Waals surface area contributed by atoms with Crippen molar-refractivity contribution >= 4 is 11.6 Å². The quantitative estimate of drug-likeness (QED) is 0.661. The number of pyridine rings is 1. The van der Waals surface area contributed by atoms with Crippen LogP contribution in [0.25, 0.3) is 0 Å². The topological polar surface area (TPSA) is 45.6 Å². The molecule has 2 aliphatic rings. The van der Waals surface area contributed by atoms with Crippen molar-refractivity contribution in [3.63, 3.8) is 0 Å². The number of carbonyl (C=O) groups is 1. The molecule has 0 spiro atoms. The fourth-order valence-corrected chi connectivity index (χ4v) is 4.16. The second kappa shape index (κ2) is 7.13. The molecule has 0 atom stereocenters. The van der Waals surface area contributed by atoms with Crippen LogP contribution in [0.15, 0.2) is 53.7 Å². The van der Waals surface area contributed by atoms with Gasteiger partial charge in [-0.3, -0.25) is 14.8 Å². The van der Waals surface area contributed by atoms with Gasteiger partial charge < -0.3 is 4.90 Å². The molecule has 6 heteroatoms. The average Bonchev–Trinajstić information content (AvgIpc) is 3.12. The predicted octanol–water partition coefficient (Wildman–Crippen LogP) is 4.10. The maximum absolute atomic E-state index is 13.6. The van der Waals surface area contributed by atoms with E-state index in [1.807, 2.05) is 19.1 Å². The third-order valence-corrected chi connectivity index (χ3v) is 5.67. The van der Waals surface area contributed by atoms with Crippen molar-refractivity contribution in [3.05, 3.63) is 99.4 Å². The van der Waals surface area contributed by atoms with Crippen LogP contribution in [0, 0.1) is 18.6 Å². The van der Waals surface area contributed by atoms with Crippen LogP contribution in [0.1, 0.15) is 39.1 Å². The van der Waals surface area contributed by atoms with Gasteiger partial charge in [0.05, 0.1) is 18.7 Å². The molecule has 0 saturated heterocycles. The van der Waals surface area contributed by atoms with Crippen molar-refractivity contribution in [2.24, 2.45) is 4.99 Å². The van der Waals surface area contributed by atoms with Crippen LogP contribution in [0.3, 0.4) is 0 Å². The Labute approximate surface area is 172 Å². The Hall–Kier alpha value is -3.41. The molecule has 3 aromatic rings. The van der Waals surface area contributed by atoms with Gasteiger partial charge in [0.15, 0.2) is 11.6 Å². The summed E-state index contributed by atoms with van der Waals surface area (Å²) in [6.07, 6.45) is 2.09. The number of benzene rings is 2. The molecule has 5 rings (SSSR count). The molecule has 150 valence electrons. The van der Waals surface area contributed by atoms with Crippen LogP contribution >= 0.6 is 0 Å². The highest BCUT2D eigenvalue weighted by molar-refractivity contribution is 6.15. The Morgan fingerprint density at radius 3 is 2.67 bits per heavy atom. The van der Waals surface area contributed by atoms with Gasteiger partial charge in [0.1, 0.15) is 0 Å². The van der Waals surface area contributed by atoms with Gasteiger partial charge >= 0.3 is 0 Å². The summed E-state index contributed by atoms with van der Waals surface area (Å²) in [6.45, 7) is 3.24. The molecule has 1 amide bonds. The summed E-state index contributed by atoms with van der Waals surface area (Å²) in [7, 11) is 0. The summed E-state index contributed by atoms with van der Waals surface area (Å²) < 4.78 is 26.8. The van der Waals surface area contributed by atoms with Crippen molar-refractivity contribution < 1.29 is 13.6 Å². The van der Waals surface area contributed by atoms with E-state index in [1.165, 1.54) is 6.07 Å². The lowest BCUT2D eigenvalue weighted by Gasteiger charge is -2.29. The lowest BCUT2D eigenvalue weighted by atomic mass is 9.91. The molecule has 0 saturated carbocycles. The lowest BCUT2D eigenvalue weighted by molar-refractivity contribution is -0.132. The smallest absolute Gasteiger partial charge is 0.227 e. The summed E-state index contributed by atoms with van der Waals surface area (Å²) in [5.41, 5.74) is 7.78. The highest BCUT2D eigenvalue weighted by atomic mass is 19.2. The van der Waals surface area contributed by atoms with Crippen molar-refractivity contribution in [2.75, 3.05) is 0 Å². The Balaban J connectivity index is 1.45. The van der Waals surface area contributed by atoms with E-state index in [4.69, 9.17) is 4.99 Å². The Morgan fingerprint density at radius 1 is 1.00 bits per heavy atom. The molecule has 0 aliphatic carbocycles. The second-order valence-corrected chi connectivity index (χ2v) is 7.80. The minimum absolute atomic E-state index is 0.0175. The number of hydrogen-bond acceptors (Lipinski definition) is 3. The van der Waals surface area contributed by atoms with Crippen LogP contribution in [-0.2, 0) is 30.8 Å². The van der Waals surface area contributed by atoms with Gasteiger partial charge in [0.2, 0.25) is 5.91 Å². The number of rotatable bonds is 3. The zero-order valence-electron chi connectivity index (χ0n) is 16.5. The predicted molar refractivity (Wildman–Crippen MR) is 109 cm³/mol. The number of nitrogens with zero attached hydrogens (tertiary/aromatic N) is 3. The molecule has 0 unspecified atom stereocenters. The zero-order chi connectivity index (χ0) is 20.8. The summed E-state index contributed by atoms with van der Waals surface area (Å²) in [5, 5.41) is 0. The van der Waals surface area contributed by atoms with Gasteiger partial charge in [0, 0.05) is 36.1 Å². The van der Waals surface area contributed by atoms with Gasteiger partial charge in [0.25, 0.3) is 0 Å². The van der Waals surface area contributed by atoms with E-state index >= 15 is 0 Å². The standard InChI is InChI=1S/C24H19F2N3O/c1-14-6-16(4-5-27-14)24-20-9-19-13-29(12-15-2-3-21(25)22(26)7-15)23(30)10-17(19)8-18(20)11-28-24/h2-9H,10-13H2,1H3. The first kappa shape index (κ1) is 18.6. The lowest BCUT2D eigenvalue weighted by Crippen LogP contribution is -2.35. The first-order chi connectivity index (χ1) is 14.5. The minimum atomic E-state index is -0.899. The van der Waals surface area contributed by atoms with Crippen LogP contribution in [0.2, 0.25) is 0 Å². The number of aryl methyl sites for hydroxylation is 1. The Kier molecular flexibility index (Phi) is 4.42. The van der Waals surface area contributed by atoms with Crippen molar-refractivity contribution in [2.45, 2.75) is 33.0 Å². The second-order valence-electron chi connectivity index (χ2n) is 7.80. The third kappa shape index (κ3) is 3.28. The monoisotopic (exact) mass is 403 g/mol. The summed E-state index contributed by atoms with van der Waals surface area (Å²) in [4.78, 5) is 23.3. The molecule has 4 nitrogen and oxygen atoms in total. The molecule has 0 N–H and O–H groups in total. The first-order valence-corrected chi connectivity index (χ1v) is 9.82. The number of aliphatic imine (C=N–C) groups is 1. The van der Waals surface area contributed by atoms with Crippen LogP contribution in [0.5, 0.6) is 0 Å². The molecular formula is C24H19F2N3O. The average molecular weight is 403 g/mol. The van der Waals surface area contributed by atoms with Gasteiger partial charge in [-0.05, 0) is 59.5 Å². The molecule has 0 radical (unpaired) electrons. The normalized spacial score (nSPS) is 15.1. The molecule has 2 aliphatic heterocycles. The highest BCUT2D eigenvalue weighted by Gasteiger charge is 2.27. The van der Waals surface area contributed by atoms with Crippen LogP contribution in [-0.4, -0.2) is 21.5 Å². The molecule has 30 heavy (non-hydrogen) atoms. The van der Waals surface area contributed by atoms with Gasteiger partial charge in [-0.2, -0.15) is 0 Å². The van der Waals surface area contributed by atoms with Gasteiger partial charge in [-0.1, -0.05) is 12.1 Å². The van der Waals surface area contributed by atoms with E-state index in [0.717, 1.165) is 51.4 Å². The highest BCUT2D eigenvalue weighted by Crippen LogP contribution is 2.30. The molecule has 2 aromatic carbocycles. The molecule has 3 heterocycles. The number of halogens is 2. The third-order valence-electron chi connectivity index (χ3n) is 5.67. The van der Waals surface area contributed by atoms with Crippen molar-refractivity contribution in [3.8, 4) is 0 Å². The molecule has 0 bridgehead atoms. The number of hydrogen-bond donors (Lipinski definition) is 0. The summed E-state index contributed by atoms with van der Waals surface area (Å²) in [6, 6.07) is 11.9. The minimum Gasteiger partial charge on any atom is -0.334 e.